The molecule has 0 radical (unpaired) electrons. The van der Waals surface area contributed by atoms with Gasteiger partial charge < -0.3 is 10.6 Å². The minimum absolute atomic E-state index is 0.0622. The van der Waals surface area contributed by atoms with Crippen LogP contribution in [0.2, 0.25) is 0 Å². The van der Waals surface area contributed by atoms with Crippen LogP contribution < -0.4 is 15.4 Å². The second-order valence-electron chi connectivity index (χ2n) is 7.15. The van der Waals surface area contributed by atoms with E-state index < -0.39 is 27.7 Å². The second-order valence-corrected chi connectivity index (χ2v) is 8.80. The lowest BCUT2D eigenvalue weighted by Gasteiger charge is -2.15. The molecule has 0 unspecified atom stereocenters. The van der Waals surface area contributed by atoms with Gasteiger partial charge >= 0.3 is 0 Å². The summed E-state index contributed by atoms with van der Waals surface area (Å²) in [5.41, 5.74) is 1.45. The molecule has 7 nitrogen and oxygen atoms in total. The third-order valence-electron chi connectivity index (χ3n) is 4.75. The van der Waals surface area contributed by atoms with Gasteiger partial charge in [-0.15, -0.1) is 0 Å². The van der Waals surface area contributed by atoms with Crippen LogP contribution in [-0.4, -0.2) is 27.3 Å². The standard InChI is InChI=1S/C23H22FN3O4S/c1-14-8-9-15(2)21(12-14)32(30,31)27-20-7-5-4-6-17(20)23(29)26-16-10-11-19(24)18(13-16)22(28)25-3/h4-13,27H,1-3H3,(H,25,28)(H,26,29). The maximum atomic E-state index is 13.9. The molecule has 3 N–H and O–H groups in total. The number of aryl methyl sites for hydroxylation is 2. The molecule has 3 aromatic rings. The van der Waals surface area contributed by atoms with Gasteiger partial charge in [0.1, 0.15) is 5.82 Å². The van der Waals surface area contributed by atoms with E-state index in [2.05, 4.69) is 15.4 Å². The topological polar surface area (TPSA) is 104 Å². The number of hydrogen-bond acceptors (Lipinski definition) is 4. The number of carbonyl (C=O) groups is 2. The quantitative estimate of drug-likeness (QED) is 0.525. The van der Waals surface area contributed by atoms with Crippen LogP contribution in [0, 0.1) is 19.7 Å². The molecule has 0 aliphatic carbocycles. The number of amides is 2. The maximum absolute atomic E-state index is 13.9. The van der Waals surface area contributed by atoms with Crippen molar-refractivity contribution in [2.24, 2.45) is 0 Å². The molecule has 0 aliphatic rings. The molecule has 0 aromatic heterocycles. The summed E-state index contributed by atoms with van der Waals surface area (Å²) in [7, 11) is -2.59. The van der Waals surface area contributed by atoms with E-state index in [-0.39, 0.29) is 27.4 Å². The van der Waals surface area contributed by atoms with Gasteiger partial charge in [0.2, 0.25) is 0 Å². The van der Waals surface area contributed by atoms with Crippen molar-refractivity contribution < 1.29 is 22.4 Å². The third kappa shape index (κ3) is 4.94. The van der Waals surface area contributed by atoms with Crippen LogP contribution in [0.15, 0.2) is 65.6 Å². The fourth-order valence-electron chi connectivity index (χ4n) is 3.08. The highest BCUT2D eigenvalue weighted by Crippen LogP contribution is 2.24. The van der Waals surface area contributed by atoms with E-state index in [1.54, 1.807) is 38.1 Å². The van der Waals surface area contributed by atoms with Crippen molar-refractivity contribution in [3.05, 3.63) is 88.7 Å². The Balaban J connectivity index is 1.91. The zero-order valence-electron chi connectivity index (χ0n) is 17.7. The smallest absolute Gasteiger partial charge is 0.262 e. The van der Waals surface area contributed by atoms with Gasteiger partial charge in [-0.1, -0.05) is 24.3 Å². The number of halogens is 1. The molecule has 0 heterocycles. The van der Waals surface area contributed by atoms with Crippen molar-refractivity contribution in [1.82, 2.24) is 5.32 Å². The Kier molecular flexibility index (Phi) is 6.59. The monoisotopic (exact) mass is 455 g/mol. The van der Waals surface area contributed by atoms with E-state index >= 15 is 0 Å². The number of hydrogen-bond donors (Lipinski definition) is 3. The van der Waals surface area contributed by atoms with Crippen molar-refractivity contribution in [1.29, 1.82) is 0 Å². The Morgan fingerprint density at radius 1 is 0.875 bits per heavy atom. The summed E-state index contributed by atoms with van der Waals surface area (Å²) in [6.07, 6.45) is 0. The molecule has 9 heteroatoms. The Labute approximate surface area is 185 Å². The summed E-state index contributed by atoms with van der Waals surface area (Å²) in [6.45, 7) is 3.47. The second kappa shape index (κ2) is 9.19. The highest BCUT2D eigenvalue weighted by atomic mass is 32.2. The lowest BCUT2D eigenvalue weighted by atomic mass is 10.1. The Bertz CT molecular complexity index is 1310. The first kappa shape index (κ1) is 23.0. The first-order valence-corrected chi connectivity index (χ1v) is 11.1. The normalized spacial score (nSPS) is 11.0. The minimum atomic E-state index is -3.95. The molecular weight excluding hydrogens is 433 g/mol. The number of rotatable bonds is 6. The Hall–Kier alpha value is -3.72. The molecular formula is C23H22FN3O4S. The average Bonchev–Trinajstić information content (AvgIpc) is 2.76. The summed E-state index contributed by atoms with van der Waals surface area (Å²) >= 11 is 0. The van der Waals surface area contributed by atoms with Gasteiger partial charge in [-0.05, 0) is 61.4 Å². The first-order chi connectivity index (χ1) is 15.1. The Morgan fingerprint density at radius 3 is 2.31 bits per heavy atom. The zero-order valence-corrected chi connectivity index (χ0v) is 18.5. The van der Waals surface area contributed by atoms with Crippen molar-refractivity contribution in [3.8, 4) is 0 Å². The van der Waals surface area contributed by atoms with E-state index in [1.807, 2.05) is 6.07 Å². The number of anilines is 2. The fourth-order valence-corrected chi connectivity index (χ4v) is 4.49. The van der Waals surface area contributed by atoms with Gasteiger partial charge in [0.25, 0.3) is 21.8 Å². The van der Waals surface area contributed by atoms with Crippen LogP contribution in [0.1, 0.15) is 31.8 Å². The largest absolute Gasteiger partial charge is 0.355 e. The van der Waals surface area contributed by atoms with Gasteiger partial charge in [0.05, 0.1) is 21.7 Å². The molecule has 0 spiro atoms. The van der Waals surface area contributed by atoms with Crippen molar-refractivity contribution in [2.45, 2.75) is 18.7 Å². The van der Waals surface area contributed by atoms with Crippen LogP contribution in [0.3, 0.4) is 0 Å². The van der Waals surface area contributed by atoms with Gasteiger partial charge in [-0.2, -0.15) is 0 Å². The molecule has 2 amide bonds. The lowest BCUT2D eigenvalue weighted by Crippen LogP contribution is -2.21. The van der Waals surface area contributed by atoms with Crippen LogP contribution >= 0.6 is 0 Å². The van der Waals surface area contributed by atoms with Gasteiger partial charge in [-0.3, -0.25) is 14.3 Å². The predicted molar refractivity (Wildman–Crippen MR) is 121 cm³/mol. The van der Waals surface area contributed by atoms with Crippen LogP contribution in [-0.2, 0) is 10.0 Å². The molecule has 0 atom stereocenters. The van der Waals surface area contributed by atoms with Gasteiger partial charge in [0, 0.05) is 12.7 Å². The minimum Gasteiger partial charge on any atom is -0.355 e. The molecule has 166 valence electrons. The lowest BCUT2D eigenvalue weighted by molar-refractivity contribution is 0.0957. The van der Waals surface area contributed by atoms with Crippen LogP contribution in [0.25, 0.3) is 0 Å². The highest BCUT2D eigenvalue weighted by Gasteiger charge is 2.21. The van der Waals surface area contributed by atoms with E-state index in [0.29, 0.717) is 5.56 Å². The van der Waals surface area contributed by atoms with Crippen molar-refractivity contribution in [2.75, 3.05) is 17.1 Å². The molecule has 0 bridgehead atoms. The zero-order chi connectivity index (χ0) is 23.5. The predicted octanol–water partition coefficient (Wildman–Crippen LogP) is 3.86. The molecule has 32 heavy (non-hydrogen) atoms. The molecule has 0 aliphatic heterocycles. The summed E-state index contributed by atoms with van der Waals surface area (Å²) in [4.78, 5) is 24.8. The van der Waals surface area contributed by atoms with Gasteiger partial charge in [0.15, 0.2) is 0 Å². The van der Waals surface area contributed by atoms with Crippen molar-refractivity contribution >= 4 is 33.2 Å². The SMILES string of the molecule is CNC(=O)c1cc(NC(=O)c2ccccc2NS(=O)(=O)c2cc(C)ccc2C)ccc1F. The van der Waals surface area contributed by atoms with Gasteiger partial charge in [-0.25, -0.2) is 12.8 Å². The summed E-state index contributed by atoms with van der Waals surface area (Å²) in [6, 6.07) is 14.8. The molecule has 0 saturated carbocycles. The molecule has 3 aromatic carbocycles. The summed E-state index contributed by atoms with van der Waals surface area (Å²) in [5.74, 6) is -2.00. The molecule has 0 fully saturated rings. The fraction of sp³-hybridized carbons (Fsp3) is 0.130. The van der Waals surface area contributed by atoms with Crippen molar-refractivity contribution in [3.63, 3.8) is 0 Å². The van der Waals surface area contributed by atoms with E-state index in [1.165, 1.54) is 31.3 Å². The number of nitrogens with one attached hydrogen (secondary N) is 3. The number of carbonyl (C=O) groups excluding carboxylic acids is 2. The third-order valence-corrected chi connectivity index (χ3v) is 6.25. The number of benzene rings is 3. The number of para-hydroxylation sites is 1. The highest BCUT2D eigenvalue weighted by molar-refractivity contribution is 7.92. The van der Waals surface area contributed by atoms with Crippen LogP contribution in [0.5, 0.6) is 0 Å². The maximum Gasteiger partial charge on any atom is 0.262 e. The summed E-state index contributed by atoms with van der Waals surface area (Å²) < 4.78 is 42.3. The number of sulfonamides is 1. The molecule has 3 rings (SSSR count). The van der Waals surface area contributed by atoms with Crippen LogP contribution in [0.4, 0.5) is 15.8 Å². The summed E-state index contributed by atoms with van der Waals surface area (Å²) in [5, 5.41) is 4.90. The Morgan fingerprint density at radius 2 is 1.59 bits per heavy atom. The van der Waals surface area contributed by atoms with E-state index in [9.17, 15) is 22.4 Å². The van der Waals surface area contributed by atoms with E-state index in [4.69, 9.17) is 0 Å². The molecule has 0 saturated heterocycles. The average molecular weight is 456 g/mol. The first-order valence-electron chi connectivity index (χ1n) is 9.64. The van der Waals surface area contributed by atoms with E-state index in [0.717, 1.165) is 11.6 Å².